The van der Waals surface area contributed by atoms with E-state index in [1.54, 1.807) is 0 Å². The quantitative estimate of drug-likeness (QED) is 0.506. The highest BCUT2D eigenvalue weighted by Crippen LogP contribution is 2.17. The van der Waals surface area contributed by atoms with Crippen molar-refractivity contribution in [2.75, 3.05) is 32.7 Å². The molecule has 168 valence electrons. The first kappa shape index (κ1) is 22.5. The molecule has 2 heterocycles. The number of piperazine rings is 1. The van der Waals surface area contributed by atoms with Gasteiger partial charge in [-0.2, -0.15) is 4.98 Å². The maximum absolute atomic E-state index is 12.5. The van der Waals surface area contributed by atoms with Gasteiger partial charge < -0.3 is 9.42 Å². The average molecular weight is 453 g/mol. The van der Waals surface area contributed by atoms with Crippen LogP contribution in [0.1, 0.15) is 29.9 Å². The number of rotatable bonds is 8. The molecular weight excluding hydrogens is 424 g/mol. The van der Waals surface area contributed by atoms with Crippen molar-refractivity contribution < 1.29 is 9.32 Å². The van der Waals surface area contributed by atoms with E-state index in [1.165, 1.54) is 5.56 Å². The topological polar surface area (TPSA) is 62.5 Å². The molecule has 4 rings (SSSR count). The van der Waals surface area contributed by atoms with Crippen molar-refractivity contribution in [1.82, 2.24) is 19.9 Å². The monoisotopic (exact) mass is 452 g/mol. The Morgan fingerprint density at radius 1 is 1.06 bits per heavy atom. The van der Waals surface area contributed by atoms with Gasteiger partial charge in [0.05, 0.1) is 0 Å². The number of hydrogen-bond acceptors (Lipinski definition) is 5. The van der Waals surface area contributed by atoms with E-state index in [9.17, 15) is 4.79 Å². The highest BCUT2D eigenvalue weighted by molar-refractivity contribution is 6.30. The molecule has 3 aromatic rings. The van der Waals surface area contributed by atoms with Crippen LogP contribution in [0.15, 0.2) is 53.1 Å². The summed E-state index contributed by atoms with van der Waals surface area (Å²) in [5.74, 6) is 1.54. The van der Waals surface area contributed by atoms with Crippen LogP contribution in [0.25, 0.3) is 11.4 Å². The molecule has 6 nitrogen and oxygen atoms in total. The number of benzene rings is 2. The minimum Gasteiger partial charge on any atom is -0.340 e. The van der Waals surface area contributed by atoms with Gasteiger partial charge in [0.1, 0.15) is 0 Å². The molecule has 0 bridgehead atoms. The van der Waals surface area contributed by atoms with Crippen molar-refractivity contribution in [1.29, 1.82) is 0 Å². The van der Waals surface area contributed by atoms with E-state index < -0.39 is 0 Å². The van der Waals surface area contributed by atoms with Crippen molar-refractivity contribution in [2.24, 2.45) is 0 Å². The Balaban J connectivity index is 1.15. The van der Waals surface area contributed by atoms with Crippen molar-refractivity contribution in [3.05, 3.63) is 70.6 Å². The van der Waals surface area contributed by atoms with Crippen LogP contribution in [0.4, 0.5) is 0 Å². The molecule has 1 amide bonds. The van der Waals surface area contributed by atoms with Gasteiger partial charge in [0.2, 0.25) is 17.6 Å². The second-order valence-electron chi connectivity index (χ2n) is 8.33. The van der Waals surface area contributed by atoms with Crippen LogP contribution < -0.4 is 0 Å². The van der Waals surface area contributed by atoms with Crippen LogP contribution >= 0.6 is 11.6 Å². The maximum Gasteiger partial charge on any atom is 0.227 e. The summed E-state index contributed by atoms with van der Waals surface area (Å²) in [5, 5.41) is 4.82. The summed E-state index contributed by atoms with van der Waals surface area (Å²) < 4.78 is 5.42. The molecule has 1 aliphatic heterocycles. The molecule has 2 aromatic carbocycles. The number of nitrogens with zero attached hydrogens (tertiary/aromatic N) is 4. The van der Waals surface area contributed by atoms with Gasteiger partial charge in [-0.05, 0) is 44.0 Å². The van der Waals surface area contributed by atoms with E-state index in [1.807, 2.05) is 53.4 Å². The van der Waals surface area contributed by atoms with Gasteiger partial charge in [-0.25, -0.2) is 0 Å². The zero-order valence-corrected chi connectivity index (χ0v) is 19.2. The van der Waals surface area contributed by atoms with E-state index in [0.717, 1.165) is 68.1 Å². The van der Waals surface area contributed by atoms with E-state index in [0.29, 0.717) is 18.1 Å². The summed E-state index contributed by atoms with van der Waals surface area (Å²) >= 11 is 6.03. The number of aromatic nitrogens is 2. The molecule has 1 aromatic heterocycles. The minimum absolute atomic E-state index is 0.221. The SMILES string of the molecule is Cc1ccc(-c2noc(CCCN3CCN(C(=O)CCc4cccc(Cl)c4)CC3)n2)cc1. The Hall–Kier alpha value is -2.70. The number of carbonyl (C=O) groups excluding carboxylic acids is 1. The summed E-state index contributed by atoms with van der Waals surface area (Å²) in [6.07, 6.45) is 2.98. The summed E-state index contributed by atoms with van der Waals surface area (Å²) in [4.78, 5) is 21.4. The Morgan fingerprint density at radius 3 is 2.59 bits per heavy atom. The van der Waals surface area contributed by atoms with Crippen molar-refractivity contribution >= 4 is 17.5 Å². The number of aryl methyl sites for hydroxylation is 3. The van der Waals surface area contributed by atoms with Crippen molar-refractivity contribution in [3.63, 3.8) is 0 Å². The minimum atomic E-state index is 0.221. The van der Waals surface area contributed by atoms with Crippen molar-refractivity contribution in [3.8, 4) is 11.4 Å². The average Bonchev–Trinajstić information content (AvgIpc) is 3.27. The molecule has 0 unspecified atom stereocenters. The highest BCUT2D eigenvalue weighted by atomic mass is 35.5. The largest absolute Gasteiger partial charge is 0.340 e. The molecule has 1 fully saturated rings. The van der Waals surface area contributed by atoms with Gasteiger partial charge >= 0.3 is 0 Å². The second-order valence-corrected chi connectivity index (χ2v) is 8.77. The zero-order valence-electron chi connectivity index (χ0n) is 18.5. The van der Waals surface area contributed by atoms with Gasteiger partial charge in [0.25, 0.3) is 0 Å². The molecule has 1 saturated heterocycles. The van der Waals surface area contributed by atoms with E-state index >= 15 is 0 Å². The number of amides is 1. The first-order valence-electron chi connectivity index (χ1n) is 11.2. The zero-order chi connectivity index (χ0) is 22.3. The van der Waals surface area contributed by atoms with Crippen molar-refractivity contribution in [2.45, 2.75) is 32.6 Å². The third-order valence-electron chi connectivity index (χ3n) is 5.88. The predicted molar refractivity (Wildman–Crippen MR) is 126 cm³/mol. The van der Waals surface area contributed by atoms with Gasteiger partial charge in [-0.15, -0.1) is 0 Å². The summed E-state index contributed by atoms with van der Waals surface area (Å²) in [5.41, 5.74) is 3.29. The molecule has 32 heavy (non-hydrogen) atoms. The fraction of sp³-hybridized carbons (Fsp3) is 0.400. The van der Waals surface area contributed by atoms with Crippen LogP contribution in [-0.4, -0.2) is 58.6 Å². The van der Waals surface area contributed by atoms with E-state index in [-0.39, 0.29) is 5.91 Å². The molecule has 1 aliphatic rings. The molecule has 0 atom stereocenters. The molecule has 0 radical (unpaired) electrons. The molecule has 7 heteroatoms. The Labute approximate surface area is 194 Å². The van der Waals surface area contributed by atoms with E-state index in [4.69, 9.17) is 16.1 Å². The maximum atomic E-state index is 12.5. The third-order valence-corrected chi connectivity index (χ3v) is 6.12. The van der Waals surface area contributed by atoms with Crippen LogP contribution in [0.5, 0.6) is 0 Å². The van der Waals surface area contributed by atoms with Gasteiger partial charge in [0, 0.05) is 49.6 Å². The standard InChI is InChI=1S/C25H29ClN4O2/c1-19-7-10-21(11-8-19)25-27-23(32-28-25)6-3-13-29-14-16-30(17-15-29)24(31)12-9-20-4-2-5-22(26)18-20/h2,4-5,7-8,10-11,18H,3,6,9,12-17H2,1H3. The fourth-order valence-electron chi connectivity index (χ4n) is 3.95. The number of halogens is 1. The third kappa shape index (κ3) is 6.17. The fourth-order valence-corrected chi connectivity index (χ4v) is 4.17. The molecule has 0 aliphatic carbocycles. The number of hydrogen-bond donors (Lipinski definition) is 0. The van der Waals surface area contributed by atoms with Crippen LogP contribution in [0.3, 0.4) is 0 Å². The van der Waals surface area contributed by atoms with Crippen LogP contribution in [0, 0.1) is 6.92 Å². The summed E-state index contributed by atoms with van der Waals surface area (Å²) in [7, 11) is 0. The molecule has 0 N–H and O–H groups in total. The van der Waals surface area contributed by atoms with Gasteiger partial charge in [-0.3, -0.25) is 9.69 Å². The Kier molecular flexibility index (Phi) is 7.55. The Morgan fingerprint density at radius 2 is 1.84 bits per heavy atom. The van der Waals surface area contributed by atoms with Crippen LogP contribution in [0.2, 0.25) is 5.02 Å². The lowest BCUT2D eigenvalue weighted by Gasteiger charge is -2.34. The smallest absolute Gasteiger partial charge is 0.227 e. The van der Waals surface area contributed by atoms with E-state index in [2.05, 4.69) is 22.0 Å². The Bertz CT molecular complexity index is 1030. The lowest BCUT2D eigenvalue weighted by atomic mass is 10.1. The highest BCUT2D eigenvalue weighted by Gasteiger charge is 2.20. The molecular formula is C25H29ClN4O2. The molecule has 0 spiro atoms. The van der Waals surface area contributed by atoms with Gasteiger partial charge in [0.15, 0.2) is 0 Å². The lowest BCUT2D eigenvalue weighted by Crippen LogP contribution is -2.48. The van der Waals surface area contributed by atoms with Crippen LogP contribution in [-0.2, 0) is 17.6 Å². The van der Waals surface area contributed by atoms with Gasteiger partial charge in [-0.1, -0.05) is 58.7 Å². The second kappa shape index (κ2) is 10.7. The predicted octanol–water partition coefficient (Wildman–Crippen LogP) is 4.41. The first-order chi connectivity index (χ1) is 15.6. The summed E-state index contributed by atoms with van der Waals surface area (Å²) in [6.45, 7) is 6.40. The first-order valence-corrected chi connectivity index (χ1v) is 11.6. The number of carbonyl (C=O) groups is 1. The lowest BCUT2D eigenvalue weighted by molar-refractivity contribution is -0.132. The summed E-state index contributed by atoms with van der Waals surface area (Å²) in [6, 6.07) is 15.9. The normalized spacial score (nSPS) is 14.6. The molecule has 0 saturated carbocycles.